The van der Waals surface area contributed by atoms with Gasteiger partial charge < -0.3 is 10.6 Å². The molecule has 0 heterocycles. The van der Waals surface area contributed by atoms with Crippen LogP contribution in [0.5, 0.6) is 0 Å². The molecule has 4 heteroatoms. The number of carbonyl (C=O) groups is 2. The average Bonchev–Trinajstić information content (AvgIpc) is 2.34. The molecule has 1 aliphatic rings. The van der Waals surface area contributed by atoms with Crippen LogP contribution in [-0.2, 0) is 9.59 Å². The van der Waals surface area contributed by atoms with Crippen LogP contribution >= 0.6 is 0 Å². The molecule has 0 bridgehead atoms. The minimum Gasteiger partial charge on any atom is -0.354 e. The standard InChI is InChI=1S/C13H24N2O2/c1-10(2)8-14-12(16)9-15-13(17)11-6-4-3-5-7-11/h10-11H,3-9H2,1-2H3,(H,14,16)(H,15,17). The first-order valence-corrected chi connectivity index (χ1v) is 6.64. The lowest BCUT2D eigenvalue weighted by atomic mass is 9.89. The smallest absolute Gasteiger partial charge is 0.239 e. The second-order valence-corrected chi connectivity index (χ2v) is 5.25. The summed E-state index contributed by atoms with van der Waals surface area (Å²) in [6.45, 7) is 4.86. The molecule has 1 rings (SSSR count). The van der Waals surface area contributed by atoms with Gasteiger partial charge in [0.15, 0.2) is 0 Å². The van der Waals surface area contributed by atoms with E-state index in [4.69, 9.17) is 0 Å². The van der Waals surface area contributed by atoms with Gasteiger partial charge in [0, 0.05) is 12.5 Å². The highest BCUT2D eigenvalue weighted by Crippen LogP contribution is 2.23. The molecule has 0 aromatic carbocycles. The van der Waals surface area contributed by atoms with Crippen molar-refractivity contribution in [3.8, 4) is 0 Å². The third-order valence-corrected chi connectivity index (χ3v) is 3.11. The first kappa shape index (κ1) is 14.0. The molecule has 0 aromatic rings. The zero-order valence-electron chi connectivity index (χ0n) is 10.9. The zero-order chi connectivity index (χ0) is 12.7. The topological polar surface area (TPSA) is 58.2 Å². The van der Waals surface area contributed by atoms with Crippen molar-refractivity contribution >= 4 is 11.8 Å². The lowest BCUT2D eigenvalue weighted by molar-refractivity contribution is -0.129. The predicted octanol–water partition coefficient (Wildman–Crippen LogP) is 1.46. The molecule has 0 aromatic heterocycles. The highest BCUT2D eigenvalue weighted by atomic mass is 16.2. The van der Waals surface area contributed by atoms with E-state index < -0.39 is 0 Å². The van der Waals surface area contributed by atoms with E-state index in [1.165, 1.54) is 6.42 Å². The number of carbonyl (C=O) groups excluding carboxylic acids is 2. The van der Waals surface area contributed by atoms with Crippen LogP contribution in [0, 0.1) is 11.8 Å². The minimum atomic E-state index is -0.0946. The summed E-state index contributed by atoms with van der Waals surface area (Å²) < 4.78 is 0. The molecule has 0 saturated heterocycles. The van der Waals surface area contributed by atoms with Crippen molar-refractivity contribution in [1.82, 2.24) is 10.6 Å². The molecular weight excluding hydrogens is 216 g/mol. The molecule has 0 radical (unpaired) electrons. The maximum absolute atomic E-state index is 11.7. The van der Waals surface area contributed by atoms with Crippen molar-refractivity contribution in [1.29, 1.82) is 0 Å². The average molecular weight is 240 g/mol. The Morgan fingerprint density at radius 1 is 1.12 bits per heavy atom. The summed E-state index contributed by atoms with van der Waals surface area (Å²) in [6, 6.07) is 0. The van der Waals surface area contributed by atoms with Crippen molar-refractivity contribution in [2.75, 3.05) is 13.1 Å². The van der Waals surface area contributed by atoms with E-state index in [2.05, 4.69) is 10.6 Å². The van der Waals surface area contributed by atoms with Crippen LogP contribution in [0.15, 0.2) is 0 Å². The Bertz CT molecular complexity index is 258. The van der Waals surface area contributed by atoms with Crippen molar-refractivity contribution in [3.05, 3.63) is 0 Å². The molecule has 2 amide bonds. The summed E-state index contributed by atoms with van der Waals surface area (Å²) >= 11 is 0. The van der Waals surface area contributed by atoms with Crippen LogP contribution in [0.3, 0.4) is 0 Å². The number of nitrogens with one attached hydrogen (secondary N) is 2. The van der Waals surface area contributed by atoms with Gasteiger partial charge in [-0.2, -0.15) is 0 Å². The van der Waals surface area contributed by atoms with Crippen LogP contribution < -0.4 is 10.6 Å². The second-order valence-electron chi connectivity index (χ2n) is 5.25. The first-order chi connectivity index (χ1) is 8.09. The number of amides is 2. The van der Waals surface area contributed by atoms with Crippen molar-refractivity contribution in [2.24, 2.45) is 11.8 Å². The Morgan fingerprint density at radius 2 is 1.76 bits per heavy atom. The van der Waals surface area contributed by atoms with Gasteiger partial charge in [-0.05, 0) is 18.8 Å². The molecule has 0 atom stereocenters. The molecular formula is C13H24N2O2. The molecule has 1 saturated carbocycles. The van der Waals surface area contributed by atoms with Crippen molar-refractivity contribution in [3.63, 3.8) is 0 Å². The minimum absolute atomic E-state index is 0.0457. The van der Waals surface area contributed by atoms with Gasteiger partial charge in [0.25, 0.3) is 0 Å². The molecule has 2 N–H and O–H groups in total. The highest BCUT2D eigenvalue weighted by molar-refractivity contribution is 5.85. The summed E-state index contributed by atoms with van der Waals surface area (Å²) in [4.78, 5) is 23.2. The van der Waals surface area contributed by atoms with Gasteiger partial charge in [-0.3, -0.25) is 9.59 Å². The van der Waals surface area contributed by atoms with Crippen LogP contribution in [0.25, 0.3) is 0 Å². The summed E-state index contributed by atoms with van der Waals surface area (Å²) in [5, 5.41) is 5.51. The van der Waals surface area contributed by atoms with E-state index >= 15 is 0 Å². The Hall–Kier alpha value is -1.06. The number of hydrogen-bond acceptors (Lipinski definition) is 2. The maximum atomic E-state index is 11.7. The van der Waals surface area contributed by atoms with Gasteiger partial charge >= 0.3 is 0 Å². The summed E-state index contributed by atoms with van der Waals surface area (Å²) in [6.07, 6.45) is 5.45. The van der Waals surface area contributed by atoms with E-state index in [-0.39, 0.29) is 24.3 Å². The van der Waals surface area contributed by atoms with Crippen LogP contribution in [0.4, 0.5) is 0 Å². The van der Waals surface area contributed by atoms with Gasteiger partial charge in [-0.25, -0.2) is 0 Å². The Labute approximate surface area is 104 Å². The molecule has 0 spiro atoms. The van der Waals surface area contributed by atoms with E-state index in [9.17, 15) is 9.59 Å². The third kappa shape index (κ3) is 5.71. The fourth-order valence-corrected chi connectivity index (χ4v) is 2.06. The molecule has 17 heavy (non-hydrogen) atoms. The van der Waals surface area contributed by atoms with E-state index in [0.717, 1.165) is 25.7 Å². The Morgan fingerprint density at radius 3 is 2.35 bits per heavy atom. The SMILES string of the molecule is CC(C)CNC(=O)CNC(=O)C1CCCCC1. The van der Waals surface area contributed by atoms with Crippen molar-refractivity contribution in [2.45, 2.75) is 46.0 Å². The Kier molecular flexibility index (Phi) is 6.01. The quantitative estimate of drug-likeness (QED) is 0.764. The van der Waals surface area contributed by atoms with Crippen LogP contribution in [0.1, 0.15) is 46.0 Å². The van der Waals surface area contributed by atoms with E-state index in [1.54, 1.807) is 0 Å². The van der Waals surface area contributed by atoms with Crippen molar-refractivity contribution < 1.29 is 9.59 Å². The predicted molar refractivity (Wildman–Crippen MR) is 67.4 cm³/mol. The Balaban J connectivity index is 2.16. The van der Waals surface area contributed by atoms with Gasteiger partial charge in [-0.15, -0.1) is 0 Å². The highest BCUT2D eigenvalue weighted by Gasteiger charge is 2.21. The molecule has 1 fully saturated rings. The maximum Gasteiger partial charge on any atom is 0.239 e. The van der Waals surface area contributed by atoms with E-state index in [0.29, 0.717) is 12.5 Å². The molecule has 1 aliphatic carbocycles. The largest absolute Gasteiger partial charge is 0.354 e. The second kappa shape index (κ2) is 7.30. The van der Waals surface area contributed by atoms with Gasteiger partial charge in [0.05, 0.1) is 6.54 Å². The molecule has 4 nitrogen and oxygen atoms in total. The molecule has 0 unspecified atom stereocenters. The van der Waals surface area contributed by atoms with E-state index in [1.807, 2.05) is 13.8 Å². The van der Waals surface area contributed by atoms with Gasteiger partial charge in [0.2, 0.25) is 11.8 Å². The van der Waals surface area contributed by atoms with Crippen LogP contribution in [-0.4, -0.2) is 24.9 Å². The summed E-state index contributed by atoms with van der Waals surface area (Å²) in [5.74, 6) is 0.516. The lowest BCUT2D eigenvalue weighted by Crippen LogP contribution is -2.40. The third-order valence-electron chi connectivity index (χ3n) is 3.11. The van der Waals surface area contributed by atoms with Gasteiger partial charge in [0.1, 0.15) is 0 Å². The zero-order valence-corrected chi connectivity index (χ0v) is 10.9. The fourth-order valence-electron chi connectivity index (χ4n) is 2.06. The summed E-state index contributed by atoms with van der Waals surface area (Å²) in [5.41, 5.74) is 0. The summed E-state index contributed by atoms with van der Waals surface area (Å²) in [7, 11) is 0. The number of hydrogen-bond donors (Lipinski definition) is 2. The first-order valence-electron chi connectivity index (χ1n) is 6.64. The molecule has 0 aliphatic heterocycles. The monoisotopic (exact) mass is 240 g/mol. The molecule has 98 valence electrons. The number of rotatable bonds is 5. The van der Waals surface area contributed by atoms with Crippen LogP contribution in [0.2, 0.25) is 0 Å². The lowest BCUT2D eigenvalue weighted by Gasteiger charge is -2.20. The van der Waals surface area contributed by atoms with Gasteiger partial charge in [-0.1, -0.05) is 33.1 Å². The normalized spacial score (nSPS) is 16.9. The fraction of sp³-hybridized carbons (Fsp3) is 0.846.